The number of nitrogen functional groups attached to an aromatic ring is 1. The summed E-state index contributed by atoms with van der Waals surface area (Å²) in [6.45, 7) is 0. The molecule has 2 aromatic heterocycles. The fraction of sp³-hybridized carbons (Fsp3) is 0.0769. The van der Waals surface area contributed by atoms with Crippen molar-refractivity contribution in [2.24, 2.45) is 5.84 Å². The lowest BCUT2D eigenvalue weighted by Crippen LogP contribution is -2.29. The minimum absolute atomic E-state index is 0.236. The molecule has 0 aliphatic heterocycles. The van der Waals surface area contributed by atoms with E-state index in [4.69, 9.17) is 5.84 Å². The molecule has 0 spiro atoms. The molecule has 3 rings (SSSR count). The summed E-state index contributed by atoms with van der Waals surface area (Å²) in [6.07, 6.45) is 0. The van der Waals surface area contributed by atoms with Gasteiger partial charge in [0.05, 0.1) is 15.1 Å². The minimum Gasteiger partial charge on any atom is -0.289 e. The van der Waals surface area contributed by atoms with Gasteiger partial charge in [0.1, 0.15) is 0 Å². The molecule has 102 valence electrons. The zero-order valence-corrected chi connectivity index (χ0v) is 12.8. The lowest BCUT2D eigenvalue weighted by molar-refractivity contribution is 0.0957. The topological polar surface area (TPSA) is 68.0 Å². The van der Waals surface area contributed by atoms with Crippen LogP contribution in [-0.2, 0) is 5.75 Å². The van der Waals surface area contributed by atoms with Crippen LogP contribution < -0.4 is 11.3 Å². The highest BCUT2D eigenvalue weighted by molar-refractivity contribution is 8.00. The predicted molar refractivity (Wildman–Crippen MR) is 85.2 cm³/mol. The number of hydrogen-bond donors (Lipinski definition) is 2. The third-order valence-corrected chi connectivity index (χ3v) is 5.89. The number of hydrogen-bond acceptors (Lipinski definition) is 6. The molecular weight excluding hydrogens is 310 g/mol. The van der Waals surface area contributed by atoms with Gasteiger partial charge in [-0.1, -0.05) is 23.9 Å². The SMILES string of the molecule is NNC(=O)c1sccc1CSc1nc2ccccc2s1. The molecule has 0 saturated carbocycles. The van der Waals surface area contributed by atoms with Crippen LogP contribution in [0.15, 0.2) is 40.1 Å². The first-order valence-electron chi connectivity index (χ1n) is 5.83. The summed E-state index contributed by atoms with van der Waals surface area (Å²) < 4.78 is 2.19. The predicted octanol–water partition coefficient (Wildman–Crippen LogP) is 3.25. The molecular formula is C13H11N3OS3. The molecule has 3 N–H and O–H groups in total. The third-order valence-electron chi connectivity index (χ3n) is 2.71. The molecule has 0 aliphatic carbocycles. The number of nitrogens with one attached hydrogen (secondary N) is 1. The summed E-state index contributed by atoms with van der Waals surface area (Å²) >= 11 is 4.71. The zero-order valence-electron chi connectivity index (χ0n) is 10.3. The van der Waals surface area contributed by atoms with Crippen LogP contribution >= 0.6 is 34.4 Å². The number of benzene rings is 1. The number of thioether (sulfide) groups is 1. The Morgan fingerprint density at radius 1 is 1.35 bits per heavy atom. The number of nitrogens with zero attached hydrogens (tertiary/aromatic N) is 1. The quantitative estimate of drug-likeness (QED) is 0.335. The second-order valence-corrected chi connectivity index (χ2v) is 7.15. The van der Waals surface area contributed by atoms with E-state index in [2.05, 4.69) is 16.5 Å². The monoisotopic (exact) mass is 321 g/mol. The van der Waals surface area contributed by atoms with Crippen molar-refractivity contribution in [3.8, 4) is 0 Å². The van der Waals surface area contributed by atoms with Crippen molar-refractivity contribution >= 4 is 50.6 Å². The van der Waals surface area contributed by atoms with E-state index in [1.54, 1.807) is 23.1 Å². The molecule has 1 amide bonds. The Hall–Kier alpha value is -1.41. The van der Waals surface area contributed by atoms with Crippen LogP contribution in [0.1, 0.15) is 15.2 Å². The van der Waals surface area contributed by atoms with Crippen molar-refractivity contribution in [2.75, 3.05) is 0 Å². The van der Waals surface area contributed by atoms with Crippen LogP contribution in [0.2, 0.25) is 0 Å². The number of aromatic nitrogens is 1. The van der Waals surface area contributed by atoms with Gasteiger partial charge in [0.15, 0.2) is 4.34 Å². The summed E-state index contributed by atoms with van der Waals surface area (Å²) in [4.78, 5) is 16.8. The molecule has 3 aromatic rings. The second kappa shape index (κ2) is 5.92. The van der Waals surface area contributed by atoms with E-state index in [1.165, 1.54) is 16.0 Å². The van der Waals surface area contributed by atoms with Crippen molar-refractivity contribution < 1.29 is 4.79 Å². The lowest BCUT2D eigenvalue weighted by Gasteiger charge is -2.00. The van der Waals surface area contributed by atoms with Gasteiger partial charge in [-0.25, -0.2) is 10.8 Å². The first kappa shape index (κ1) is 13.6. The van der Waals surface area contributed by atoms with Crippen molar-refractivity contribution in [1.82, 2.24) is 10.4 Å². The van der Waals surface area contributed by atoms with Crippen LogP contribution in [0.4, 0.5) is 0 Å². The van der Waals surface area contributed by atoms with Gasteiger partial charge in [0.2, 0.25) is 0 Å². The van der Waals surface area contributed by atoms with Gasteiger partial charge < -0.3 is 0 Å². The molecule has 0 bridgehead atoms. The number of carbonyl (C=O) groups excluding carboxylic acids is 1. The highest BCUT2D eigenvalue weighted by Gasteiger charge is 2.13. The Labute approximate surface area is 128 Å². The number of fused-ring (bicyclic) bond motifs is 1. The van der Waals surface area contributed by atoms with Gasteiger partial charge >= 0.3 is 0 Å². The Morgan fingerprint density at radius 2 is 2.20 bits per heavy atom. The van der Waals surface area contributed by atoms with Crippen molar-refractivity contribution in [3.63, 3.8) is 0 Å². The van der Waals surface area contributed by atoms with Gasteiger partial charge in [-0.3, -0.25) is 10.2 Å². The van der Waals surface area contributed by atoms with E-state index in [9.17, 15) is 4.79 Å². The smallest absolute Gasteiger partial charge is 0.275 e. The van der Waals surface area contributed by atoms with Gasteiger partial charge in [0, 0.05) is 5.75 Å². The molecule has 0 radical (unpaired) electrons. The van der Waals surface area contributed by atoms with Crippen molar-refractivity contribution in [3.05, 3.63) is 46.2 Å². The number of hydrazine groups is 1. The number of thiazole rings is 1. The average Bonchev–Trinajstić information content (AvgIpc) is 3.10. The van der Waals surface area contributed by atoms with E-state index < -0.39 is 0 Å². The average molecular weight is 321 g/mol. The number of thiophene rings is 1. The van der Waals surface area contributed by atoms with Gasteiger partial charge in [-0.05, 0) is 29.1 Å². The Balaban J connectivity index is 1.76. The van der Waals surface area contributed by atoms with Crippen LogP contribution in [0.5, 0.6) is 0 Å². The fourth-order valence-electron chi connectivity index (χ4n) is 1.77. The largest absolute Gasteiger partial charge is 0.289 e. The maximum absolute atomic E-state index is 11.6. The molecule has 0 fully saturated rings. The highest BCUT2D eigenvalue weighted by Crippen LogP contribution is 2.32. The van der Waals surface area contributed by atoms with Crippen LogP contribution in [0.3, 0.4) is 0 Å². The minimum atomic E-state index is -0.236. The molecule has 1 aromatic carbocycles. The number of para-hydroxylation sites is 1. The fourth-order valence-corrected chi connectivity index (χ4v) is 4.74. The van der Waals surface area contributed by atoms with E-state index in [1.807, 2.05) is 29.6 Å². The van der Waals surface area contributed by atoms with Gasteiger partial charge in [-0.2, -0.15) is 0 Å². The van der Waals surface area contributed by atoms with E-state index in [0.717, 1.165) is 15.4 Å². The Kier molecular flexibility index (Phi) is 4.02. The summed E-state index contributed by atoms with van der Waals surface area (Å²) in [5.41, 5.74) is 4.18. The second-order valence-electron chi connectivity index (χ2n) is 3.98. The van der Waals surface area contributed by atoms with E-state index in [-0.39, 0.29) is 5.91 Å². The van der Waals surface area contributed by atoms with E-state index in [0.29, 0.717) is 10.6 Å². The van der Waals surface area contributed by atoms with Gasteiger partial charge in [-0.15, -0.1) is 22.7 Å². The van der Waals surface area contributed by atoms with Crippen LogP contribution in [-0.4, -0.2) is 10.9 Å². The molecule has 0 saturated heterocycles. The standard InChI is InChI=1S/C13H11N3OS3/c14-16-12(17)11-8(5-6-18-11)7-19-13-15-9-3-1-2-4-10(9)20-13/h1-6H,7,14H2,(H,16,17). The molecule has 0 unspecified atom stereocenters. The number of carbonyl (C=O) groups is 1. The van der Waals surface area contributed by atoms with E-state index >= 15 is 0 Å². The molecule has 7 heteroatoms. The van der Waals surface area contributed by atoms with Gasteiger partial charge in [0.25, 0.3) is 5.91 Å². The number of nitrogens with two attached hydrogens (primary N) is 1. The maximum atomic E-state index is 11.6. The maximum Gasteiger partial charge on any atom is 0.275 e. The Morgan fingerprint density at radius 3 is 3.00 bits per heavy atom. The summed E-state index contributed by atoms with van der Waals surface area (Å²) in [5, 5.41) is 1.90. The first-order valence-corrected chi connectivity index (χ1v) is 8.52. The zero-order chi connectivity index (χ0) is 13.9. The summed E-state index contributed by atoms with van der Waals surface area (Å²) in [5.74, 6) is 5.66. The summed E-state index contributed by atoms with van der Waals surface area (Å²) in [7, 11) is 0. The molecule has 4 nitrogen and oxygen atoms in total. The first-order chi connectivity index (χ1) is 9.78. The van der Waals surface area contributed by atoms with Crippen molar-refractivity contribution in [1.29, 1.82) is 0 Å². The normalized spacial score (nSPS) is 10.8. The molecule has 20 heavy (non-hydrogen) atoms. The third kappa shape index (κ3) is 2.71. The molecule has 2 heterocycles. The highest BCUT2D eigenvalue weighted by atomic mass is 32.2. The van der Waals surface area contributed by atoms with Crippen LogP contribution in [0.25, 0.3) is 10.2 Å². The Bertz CT molecular complexity index is 717. The van der Waals surface area contributed by atoms with Crippen LogP contribution in [0, 0.1) is 0 Å². The van der Waals surface area contributed by atoms with Crippen molar-refractivity contribution in [2.45, 2.75) is 10.1 Å². The number of rotatable bonds is 4. The molecule has 0 atom stereocenters. The molecule has 0 aliphatic rings. The summed E-state index contributed by atoms with van der Waals surface area (Å²) in [6, 6.07) is 10.0. The number of amides is 1. The lowest BCUT2D eigenvalue weighted by atomic mass is 10.3.